The molecule has 0 fully saturated rings. The fraction of sp³-hybridized carbons (Fsp3) is 0. The van der Waals surface area contributed by atoms with E-state index in [0.717, 1.165) is 55.4 Å². The van der Waals surface area contributed by atoms with Gasteiger partial charge in [-0.05, 0) is 72.8 Å². The van der Waals surface area contributed by atoms with Crippen molar-refractivity contribution >= 4 is 82.2 Å². The number of para-hydroxylation sites is 3. The number of pyridine rings is 3. The van der Waals surface area contributed by atoms with Crippen LogP contribution in [-0.4, -0.2) is 28.5 Å². The zero-order valence-electron chi connectivity index (χ0n) is 25.0. The monoisotopic (exact) mass is 600 g/mol. The molecule has 5 aromatic carbocycles. The predicted molar refractivity (Wildman–Crippen MR) is 192 cm³/mol. The van der Waals surface area contributed by atoms with E-state index in [1.54, 1.807) is 6.20 Å². The Labute approximate surface area is 267 Å². The number of rotatable bonds is 2. The Bertz CT molecular complexity index is 3060. The van der Waals surface area contributed by atoms with E-state index in [1.165, 1.54) is 32.6 Å². The number of hydrogen-bond acceptors (Lipinski definition) is 3. The molecule has 0 saturated carbocycles. The molecule has 0 saturated heterocycles. The standard InChI is InChI=1S/C41H24N6/c1-3-11-25(12-4-1)45-31-17-8-7-15-27(31)36-32(45)21-22-33-37(36)28-19-20-30-35(38(28)46(33)26-13-5-2-6-14-26)29-16-9-24-43-40(29)47-34-18-10-23-42-39(34)44-41(30)47/h1-24H. The van der Waals surface area contributed by atoms with Crippen LogP contribution >= 0.6 is 0 Å². The van der Waals surface area contributed by atoms with Gasteiger partial charge in [0.25, 0.3) is 0 Å². The van der Waals surface area contributed by atoms with Crippen molar-refractivity contribution in [3.63, 3.8) is 0 Å². The van der Waals surface area contributed by atoms with Crippen molar-refractivity contribution in [2.45, 2.75) is 0 Å². The summed E-state index contributed by atoms with van der Waals surface area (Å²) in [6.07, 6.45) is 3.67. The lowest BCUT2D eigenvalue weighted by molar-refractivity contribution is 1.17. The van der Waals surface area contributed by atoms with Crippen molar-refractivity contribution in [2.24, 2.45) is 0 Å². The maximum atomic E-state index is 5.08. The summed E-state index contributed by atoms with van der Waals surface area (Å²) >= 11 is 0. The van der Waals surface area contributed by atoms with Crippen molar-refractivity contribution in [2.75, 3.05) is 0 Å². The minimum atomic E-state index is 0.714. The number of nitrogens with zero attached hydrogens (tertiary/aromatic N) is 6. The highest BCUT2D eigenvalue weighted by Crippen LogP contribution is 2.45. The van der Waals surface area contributed by atoms with Crippen molar-refractivity contribution in [3.05, 3.63) is 146 Å². The van der Waals surface area contributed by atoms with E-state index >= 15 is 0 Å². The van der Waals surface area contributed by atoms with Gasteiger partial charge in [-0.15, -0.1) is 0 Å². The highest BCUT2D eigenvalue weighted by molar-refractivity contribution is 6.34. The molecule has 47 heavy (non-hydrogen) atoms. The average Bonchev–Trinajstić information content (AvgIpc) is 3.80. The molecule has 0 N–H and O–H groups in total. The van der Waals surface area contributed by atoms with Gasteiger partial charge in [-0.3, -0.25) is 4.40 Å². The minimum Gasteiger partial charge on any atom is -0.309 e. The first-order valence-electron chi connectivity index (χ1n) is 15.8. The summed E-state index contributed by atoms with van der Waals surface area (Å²) in [4.78, 5) is 14.7. The first-order chi connectivity index (χ1) is 23.4. The Morgan fingerprint density at radius 1 is 0.383 bits per heavy atom. The molecule has 218 valence electrons. The molecule has 0 amide bonds. The Balaban J connectivity index is 1.43. The molecule has 0 aliphatic rings. The van der Waals surface area contributed by atoms with Crippen molar-refractivity contribution in [1.82, 2.24) is 28.5 Å². The molecule has 0 unspecified atom stereocenters. The van der Waals surface area contributed by atoms with E-state index in [0.29, 0.717) is 5.65 Å². The second-order valence-electron chi connectivity index (χ2n) is 12.1. The van der Waals surface area contributed by atoms with Crippen LogP contribution in [-0.2, 0) is 0 Å². The van der Waals surface area contributed by atoms with Crippen LogP contribution < -0.4 is 0 Å². The van der Waals surface area contributed by atoms with Gasteiger partial charge in [0.05, 0.1) is 27.6 Å². The van der Waals surface area contributed by atoms with Crippen LogP contribution in [0.4, 0.5) is 0 Å². The molecule has 0 aliphatic heterocycles. The van der Waals surface area contributed by atoms with Gasteiger partial charge in [-0.25, -0.2) is 15.0 Å². The predicted octanol–water partition coefficient (Wildman–Crippen LogP) is 9.78. The van der Waals surface area contributed by atoms with Crippen molar-refractivity contribution in [1.29, 1.82) is 0 Å². The van der Waals surface area contributed by atoms with Crippen LogP contribution in [0.15, 0.2) is 146 Å². The fourth-order valence-electron chi connectivity index (χ4n) is 7.89. The van der Waals surface area contributed by atoms with E-state index in [1.807, 2.05) is 18.3 Å². The quantitative estimate of drug-likeness (QED) is 0.186. The van der Waals surface area contributed by atoms with Crippen molar-refractivity contribution < 1.29 is 0 Å². The molecular weight excluding hydrogens is 576 g/mol. The van der Waals surface area contributed by atoms with Gasteiger partial charge in [-0.2, -0.15) is 0 Å². The van der Waals surface area contributed by atoms with Crippen LogP contribution in [0.2, 0.25) is 0 Å². The van der Waals surface area contributed by atoms with Crippen LogP contribution in [0.25, 0.3) is 93.6 Å². The first-order valence-corrected chi connectivity index (χ1v) is 15.8. The molecule has 0 bridgehead atoms. The van der Waals surface area contributed by atoms with Crippen LogP contribution in [0.3, 0.4) is 0 Å². The van der Waals surface area contributed by atoms with E-state index in [2.05, 4.69) is 140 Å². The average molecular weight is 601 g/mol. The summed E-state index contributed by atoms with van der Waals surface area (Å²) in [5, 5.41) is 8.19. The topological polar surface area (TPSA) is 52.9 Å². The lowest BCUT2D eigenvalue weighted by Crippen LogP contribution is -1.98. The van der Waals surface area contributed by atoms with Gasteiger partial charge < -0.3 is 9.13 Å². The number of hydrogen-bond donors (Lipinski definition) is 0. The van der Waals surface area contributed by atoms with Crippen molar-refractivity contribution in [3.8, 4) is 11.4 Å². The van der Waals surface area contributed by atoms with E-state index < -0.39 is 0 Å². The lowest BCUT2D eigenvalue weighted by atomic mass is 10.0. The summed E-state index contributed by atoms with van der Waals surface area (Å²) in [5.41, 5.74) is 10.3. The number of fused-ring (bicyclic) bond motifs is 16. The molecule has 0 spiro atoms. The van der Waals surface area contributed by atoms with Crippen LogP contribution in [0, 0.1) is 0 Å². The van der Waals surface area contributed by atoms with E-state index in [-0.39, 0.29) is 0 Å². The van der Waals surface area contributed by atoms with Gasteiger partial charge in [0.2, 0.25) is 0 Å². The summed E-state index contributed by atoms with van der Waals surface area (Å²) in [6, 6.07) is 47.5. The van der Waals surface area contributed by atoms with Gasteiger partial charge in [0.15, 0.2) is 5.65 Å². The molecule has 0 radical (unpaired) electrons. The summed E-state index contributed by atoms with van der Waals surface area (Å²) in [5.74, 6) is 0. The summed E-state index contributed by atoms with van der Waals surface area (Å²) in [6.45, 7) is 0. The molecule has 6 aromatic heterocycles. The molecule has 6 heterocycles. The molecule has 6 nitrogen and oxygen atoms in total. The molecule has 0 aliphatic carbocycles. The van der Waals surface area contributed by atoms with E-state index in [4.69, 9.17) is 9.97 Å². The Morgan fingerprint density at radius 2 is 0.979 bits per heavy atom. The fourth-order valence-corrected chi connectivity index (χ4v) is 7.89. The third-order valence-corrected chi connectivity index (χ3v) is 9.70. The summed E-state index contributed by atoms with van der Waals surface area (Å²) in [7, 11) is 0. The SMILES string of the molecule is c1ccc(-n2c3ccccc3c3c4c5ccc6c(c7cccnc7n7c8cccnc8nc67)c5n(-c5ccccc5)c4ccc32)cc1. The van der Waals surface area contributed by atoms with Crippen LogP contribution in [0.5, 0.6) is 0 Å². The third kappa shape index (κ3) is 3.16. The Kier molecular flexibility index (Phi) is 4.75. The van der Waals surface area contributed by atoms with Gasteiger partial charge in [0.1, 0.15) is 11.3 Å². The smallest absolute Gasteiger partial charge is 0.178 e. The zero-order valence-corrected chi connectivity index (χ0v) is 25.0. The van der Waals surface area contributed by atoms with Gasteiger partial charge in [-0.1, -0.05) is 60.7 Å². The number of imidazole rings is 1. The second kappa shape index (κ2) is 9.02. The molecule has 6 heteroatoms. The zero-order chi connectivity index (χ0) is 30.6. The maximum Gasteiger partial charge on any atom is 0.178 e. The lowest BCUT2D eigenvalue weighted by Gasteiger charge is -2.13. The van der Waals surface area contributed by atoms with Crippen LogP contribution in [0.1, 0.15) is 0 Å². The normalized spacial score (nSPS) is 12.3. The van der Waals surface area contributed by atoms with Gasteiger partial charge in [0, 0.05) is 61.5 Å². The molecule has 0 atom stereocenters. The number of benzene rings is 5. The highest BCUT2D eigenvalue weighted by atomic mass is 15.1. The minimum absolute atomic E-state index is 0.714. The Hall–Kier alpha value is -6.53. The molecule has 11 rings (SSSR count). The first kappa shape index (κ1) is 24.8. The Morgan fingerprint density at radius 3 is 1.81 bits per heavy atom. The molecule has 11 aromatic rings. The van der Waals surface area contributed by atoms with E-state index in [9.17, 15) is 0 Å². The molecular formula is C41H24N6. The summed E-state index contributed by atoms with van der Waals surface area (Å²) < 4.78 is 6.99. The number of aromatic nitrogens is 6. The second-order valence-corrected chi connectivity index (χ2v) is 12.1. The largest absolute Gasteiger partial charge is 0.309 e. The van der Waals surface area contributed by atoms with Gasteiger partial charge >= 0.3 is 0 Å². The highest BCUT2D eigenvalue weighted by Gasteiger charge is 2.24. The third-order valence-electron chi connectivity index (χ3n) is 9.70. The maximum absolute atomic E-state index is 5.08.